The van der Waals surface area contributed by atoms with Gasteiger partial charge < -0.3 is 4.74 Å². The first-order chi connectivity index (χ1) is 16.7. The molecule has 164 valence electrons. The van der Waals surface area contributed by atoms with Crippen molar-refractivity contribution in [3.63, 3.8) is 0 Å². The SMILES string of the molecule is Cc1nnc(Oc2cccc(-c3ccc4c5ccccc5n(-c5nnc(C)nn5)c4c3)c2)nn1. The highest BCUT2D eigenvalue weighted by molar-refractivity contribution is 6.09. The van der Waals surface area contributed by atoms with E-state index < -0.39 is 0 Å². The Hall–Kier alpha value is -4.86. The van der Waals surface area contributed by atoms with Crippen molar-refractivity contribution < 1.29 is 4.74 Å². The van der Waals surface area contributed by atoms with Gasteiger partial charge >= 0.3 is 6.01 Å². The highest BCUT2D eigenvalue weighted by Crippen LogP contribution is 2.34. The fraction of sp³-hybridized carbons (Fsp3) is 0.0833. The second-order valence-corrected chi connectivity index (χ2v) is 7.69. The lowest BCUT2D eigenvalue weighted by molar-refractivity contribution is 0.421. The van der Waals surface area contributed by atoms with Crippen molar-refractivity contribution in [2.45, 2.75) is 13.8 Å². The van der Waals surface area contributed by atoms with Gasteiger partial charge in [-0.05, 0) is 49.2 Å². The third-order valence-electron chi connectivity index (χ3n) is 5.38. The van der Waals surface area contributed by atoms with Gasteiger partial charge in [0, 0.05) is 10.8 Å². The van der Waals surface area contributed by atoms with E-state index in [2.05, 4.69) is 65.1 Å². The fourth-order valence-electron chi connectivity index (χ4n) is 3.88. The summed E-state index contributed by atoms with van der Waals surface area (Å²) in [7, 11) is 0. The molecule has 0 aliphatic carbocycles. The van der Waals surface area contributed by atoms with E-state index in [9.17, 15) is 0 Å². The second kappa shape index (κ2) is 7.93. The Morgan fingerprint density at radius 2 is 1.26 bits per heavy atom. The summed E-state index contributed by atoms with van der Waals surface area (Å²) in [6, 6.07) is 22.2. The summed E-state index contributed by atoms with van der Waals surface area (Å²) in [5, 5.41) is 34.6. The van der Waals surface area contributed by atoms with Gasteiger partial charge in [0.15, 0.2) is 11.6 Å². The molecule has 0 fully saturated rings. The van der Waals surface area contributed by atoms with Crippen LogP contribution in [0.1, 0.15) is 11.6 Å². The molecule has 3 aromatic heterocycles. The highest BCUT2D eigenvalue weighted by atomic mass is 16.5. The Bertz CT molecular complexity index is 1640. The first kappa shape index (κ1) is 19.8. The lowest BCUT2D eigenvalue weighted by atomic mass is 10.0. The largest absolute Gasteiger partial charge is 0.422 e. The Morgan fingerprint density at radius 1 is 0.588 bits per heavy atom. The molecule has 0 aliphatic rings. The van der Waals surface area contributed by atoms with E-state index in [0.29, 0.717) is 23.3 Å². The number of benzene rings is 3. The lowest BCUT2D eigenvalue weighted by Crippen LogP contribution is -2.06. The highest BCUT2D eigenvalue weighted by Gasteiger charge is 2.15. The van der Waals surface area contributed by atoms with Gasteiger partial charge in [0.05, 0.1) is 11.0 Å². The molecule has 0 amide bonds. The number of para-hydroxylation sites is 1. The normalized spacial score (nSPS) is 11.2. The van der Waals surface area contributed by atoms with Gasteiger partial charge in [-0.15, -0.1) is 30.6 Å². The zero-order valence-corrected chi connectivity index (χ0v) is 18.3. The Labute approximate surface area is 193 Å². The minimum absolute atomic E-state index is 0.0925. The van der Waals surface area contributed by atoms with E-state index in [1.54, 1.807) is 13.8 Å². The molecule has 0 aliphatic heterocycles. The lowest BCUT2D eigenvalue weighted by Gasteiger charge is -2.08. The molecule has 34 heavy (non-hydrogen) atoms. The standard InChI is InChI=1S/C24H17N9O/c1-14-25-29-23(30-26-14)33-21-9-4-3-8-19(21)20-11-10-17(13-22(20)33)16-6-5-7-18(12-16)34-24-31-27-15(2)28-32-24/h3-13H,1-2H3. The van der Waals surface area contributed by atoms with Gasteiger partial charge in [0.25, 0.3) is 5.95 Å². The molecule has 6 rings (SSSR count). The summed E-state index contributed by atoms with van der Waals surface area (Å²) >= 11 is 0. The maximum Gasteiger partial charge on any atom is 0.360 e. The molecule has 0 saturated heterocycles. The molecule has 0 radical (unpaired) electrons. The number of hydrogen-bond acceptors (Lipinski definition) is 9. The van der Waals surface area contributed by atoms with Crippen molar-refractivity contribution in [1.82, 2.24) is 45.4 Å². The van der Waals surface area contributed by atoms with Crippen LogP contribution in [0.2, 0.25) is 0 Å². The summed E-state index contributed by atoms with van der Waals surface area (Å²) in [4.78, 5) is 0. The molecular weight excluding hydrogens is 430 g/mol. The first-order valence-electron chi connectivity index (χ1n) is 10.6. The van der Waals surface area contributed by atoms with Gasteiger partial charge in [-0.1, -0.05) is 52.7 Å². The zero-order chi connectivity index (χ0) is 23.1. The topological polar surface area (TPSA) is 117 Å². The Balaban J connectivity index is 1.48. The van der Waals surface area contributed by atoms with Crippen molar-refractivity contribution in [2.24, 2.45) is 0 Å². The van der Waals surface area contributed by atoms with Crippen LogP contribution in [0.3, 0.4) is 0 Å². The predicted octanol–water partition coefficient (Wildman–Crippen LogP) is 4.02. The molecule has 3 heterocycles. The Morgan fingerprint density at radius 3 is 2.06 bits per heavy atom. The van der Waals surface area contributed by atoms with E-state index in [1.807, 2.05) is 47.0 Å². The van der Waals surface area contributed by atoms with Crippen LogP contribution in [0.4, 0.5) is 0 Å². The van der Waals surface area contributed by atoms with E-state index in [0.717, 1.165) is 32.9 Å². The van der Waals surface area contributed by atoms with Crippen molar-refractivity contribution in [2.75, 3.05) is 0 Å². The number of hydrogen-bond donors (Lipinski definition) is 0. The molecule has 0 N–H and O–H groups in total. The van der Waals surface area contributed by atoms with Crippen LogP contribution >= 0.6 is 0 Å². The minimum Gasteiger partial charge on any atom is -0.422 e. The number of aryl methyl sites for hydroxylation is 2. The van der Waals surface area contributed by atoms with Crippen LogP contribution in [0.15, 0.2) is 66.7 Å². The molecule has 0 unspecified atom stereocenters. The third kappa shape index (κ3) is 3.47. The van der Waals surface area contributed by atoms with Gasteiger partial charge in [-0.25, -0.2) is 0 Å². The number of aromatic nitrogens is 9. The van der Waals surface area contributed by atoms with E-state index in [4.69, 9.17) is 4.74 Å². The van der Waals surface area contributed by atoms with Crippen LogP contribution in [0, 0.1) is 13.8 Å². The smallest absolute Gasteiger partial charge is 0.360 e. The van der Waals surface area contributed by atoms with E-state index in [-0.39, 0.29) is 6.01 Å². The Kier molecular flexibility index (Phi) is 4.61. The number of fused-ring (bicyclic) bond motifs is 3. The van der Waals surface area contributed by atoms with Crippen molar-refractivity contribution >= 4 is 21.8 Å². The fourth-order valence-corrected chi connectivity index (χ4v) is 3.88. The summed E-state index contributed by atoms with van der Waals surface area (Å²) < 4.78 is 7.72. The summed E-state index contributed by atoms with van der Waals surface area (Å²) in [6.45, 7) is 3.48. The maximum atomic E-state index is 5.75. The molecule has 0 spiro atoms. The van der Waals surface area contributed by atoms with E-state index >= 15 is 0 Å². The third-order valence-corrected chi connectivity index (χ3v) is 5.38. The number of ether oxygens (including phenoxy) is 1. The second-order valence-electron chi connectivity index (χ2n) is 7.69. The maximum absolute atomic E-state index is 5.75. The van der Waals surface area contributed by atoms with Crippen LogP contribution < -0.4 is 4.74 Å². The van der Waals surface area contributed by atoms with Gasteiger partial charge in [0.1, 0.15) is 5.75 Å². The van der Waals surface area contributed by atoms with Crippen LogP contribution in [0.25, 0.3) is 38.9 Å². The monoisotopic (exact) mass is 447 g/mol. The molecule has 10 nitrogen and oxygen atoms in total. The molecule has 6 aromatic rings. The summed E-state index contributed by atoms with van der Waals surface area (Å²) in [5.74, 6) is 2.00. The average molecular weight is 447 g/mol. The van der Waals surface area contributed by atoms with Crippen molar-refractivity contribution in [3.05, 3.63) is 78.4 Å². The number of rotatable bonds is 4. The first-order valence-corrected chi connectivity index (χ1v) is 10.6. The van der Waals surface area contributed by atoms with Crippen LogP contribution in [0.5, 0.6) is 11.8 Å². The molecular formula is C24H17N9O. The van der Waals surface area contributed by atoms with Gasteiger partial charge in [-0.3, -0.25) is 4.57 Å². The van der Waals surface area contributed by atoms with Crippen LogP contribution in [-0.2, 0) is 0 Å². The van der Waals surface area contributed by atoms with Gasteiger partial charge in [0.2, 0.25) is 0 Å². The minimum atomic E-state index is 0.0925. The molecule has 10 heteroatoms. The van der Waals surface area contributed by atoms with Crippen molar-refractivity contribution in [3.8, 4) is 28.8 Å². The molecule has 0 atom stereocenters. The number of nitrogens with zero attached hydrogens (tertiary/aromatic N) is 9. The van der Waals surface area contributed by atoms with Crippen LogP contribution in [-0.4, -0.2) is 45.4 Å². The zero-order valence-electron chi connectivity index (χ0n) is 18.3. The average Bonchev–Trinajstić information content (AvgIpc) is 3.20. The van der Waals surface area contributed by atoms with Gasteiger partial charge in [-0.2, -0.15) is 0 Å². The molecule has 0 bridgehead atoms. The summed E-state index contributed by atoms with van der Waals surface area (Å²) in [6.07, 6.45) is 0. The quantitative estimate of drug-likeness (QED) is 0.395. The van der Waals surface area contributed by atoms with E-state index in [1.165, 1.54) is 0 Å². The molecule has 0 saturated carbocycles. The molecule has 3 aromatic carbocycles. The predicted molar refractivity (Wildman–Crippen MR) is 125 cm³/mol. The van der Waals surface area contributed by atoms with Crippen molar-refractivity contribution in [1.29, 1.82) is 0 Å². The summed E-state index contributed by atoms with van der Waals surface area (Å²) in [5.41, 5.74) is 3.89.